The molecule has 0 radical (unpaired) electrons. The SMILES string of the molecule is CCOC(=O)C1NC2CCC1C(F)C2. The molecule has 2 saturated heterocycles. The lowest BCUT2D eigenvalue weighted by molar-refractivity contribution is -0.151. The summed E-state index contributed by atoms with van der Waals surface area (Å²) in [5.41, 5.74) is 0. The quantitative estimate of drug-likeness (QED) is 0.678. The van der Waals surface area contributed by atoms with Gasteiger partial charge in [0, 0.05) is 12.0 Å². The van der Waals surface area contributed by atoms with Crippen molar-refractivity contribution in [2.45, 2.75) is 44.4 Å². The zero-order valence-electron chi connectivity index (χ0n) is 8.33. The molecule has 1 saturated carbocycles. The smallest absolute Gasteiger partial charge is 0.323 e. The molecule has 4 atom stereocenters. The van der Waals surface area contributed by atoms with Crippen LogP contribution in [0.1, 0.15) is 26.2 Å². The number of ether oxygens (including phenoxy) is 1. The third-order valence-electron chi connectivity index (χ3n) is 3.21. The van der Waals surface area contributed by atoms with E-state index in [1.54, 1.807) is 6.92 Å². The van der Waals surface area contributed by atoms with Crippen LogP contribution < -0.4 is 5.32 Å². The average Bonchev–Trinajstić information content (AvgIpc) is 2.18. The zero-order chi connectivity index (χ0) is 10.1. The Morgan fingerprint density at radius 2 is 2.36 bits per heavy atom. The Morgan fingerprint density at radius 3 is 2.93 bits per heavy atom. The van der Waals surface area contributed by atoms with Crippen LogP contribution in [0, 0.1) is 5.92 Å². The van der Waals surface area contributed by atoms with Gasteiger partial charge in [-0.2, -0.15) is 0 Å². The molecule has 3 aliphatic rings. The maximum absolute atomic E-state index is 13.5. The highest BCUT2D eigenvalue weighted by molar-refractivity contribution is 5.76. The lowest BCUT2D eigenvalue weighted by Crippen LogP contribution is -2.60. The number of carbonyl (C=O) groups excluding carboxylic acids is 1. The first-order valence-electron chi connectivity index (χ1n) is 5.29. The van der Waals surface area contributed by atoms with E-state index in [1.165, 1.54) is 0 Å². The predicted molar refractivity (Wildman–Crippen MR) is 49.6 cm³/mol. The number of nitrogens with one attached hydrogen (secondary N) is 1. The highest BCUT2D eigenvalue weighted by Crippen LogP contribution is 2.35. The number of hydrogen-bond acceptors (Lipinski definition) is 3. The Hall–Kier alpha value is -0.640. The number of alkyl halides is 1. The number of carbonyl (C=O) groups is 1. The van der Waals surface area contributed by atoms with Crippen LogP contribution >= 0.6 is 0 Å². The Labute approximate surface area is 83.0 Å². The second-order valence-corrected chi connectivity index (χ2v) is 4.09. The summed E-state index contributed by atoms with van der Waals surface area (Å²) >= 11 is 0. The van der Waals surface area contributed by atoms with Gasteiger partial charge in [-0.1, -0.05) is 0 Å². The van der Waals surface area contributed by atoms with E-state index in [1.807, 2.05) is 0 Å². The summed E-state index contributed by atoms with van der Waals surface area (Å²) in [6.07, 6.45) is 1.52. The zero-order valence-corrected chi connectivity index (χ0v) is 8.33. The Bertz CT molecular complexity index is 234. The first kappa shape index (κ1) is 9.90. The summed E-state index contributed by atoms with van der Waals surface area (Å²) < 4.78 is 18.4. The molecule has 0 aromatic carbocycles. The third-order valence-corrected chi connectivity index (χ3v) is 3.21. The molecule has 3 rings (SSSR count). The van der Waals surface area contributed by atoms with E-state index in [9.17, 15) is 9.18 Å². The van der Waals surface area contributed by atoms with Crippen molar-refractivity contribution in [2.75, 3.05) is 6.61 Å². The standard InChI is InChI=1S/C10H16FNO2/c1-2-14-10(13)9-7-4-3-6(12-9)5-8(7)11/h6-9,12H,2-5H2,1H3. The van der Waals surface area contributed by atoms with Gasteiger partial charge in [-0.15, -0.1) is 0 Å². The molecule has 2 bridgehead atoms. The second kappa shape index (κ2) is 3.85. The van der Waals surface area contributed by atoms with Crippen LogP contribution in [0.3, 0.4) is 0 Å². The van der Waals surface area contributed by atoms with Gasteiger partial charge >= 0.3 is 5.97 Å². The topological polar surface area (TPSA) is 38.3 Å². The van der Waals surface area contributed by atoms with Crippen molar-refractivity contribution < 1.29 is 13.9 Å². The Kier molecular flexibility index (Phi) is 2.72. The van der Waals surface area contributed by atoms with E-state index < -0.39 is 12.2 Å². The minimum Gasteiger partial charge on any atom is -0.465 e. The maximum Gasteiger partial charge on any atom is 0.323 e. The van der Waals surface area contributed by atoms with E-state index >= 15 is 0 Å². The van der Waals surface area contributed by atoms with Crippen molar-refractivity contribution in [3.63, 3.8) is 0 Å². The third kappa shape index (κ3) is 1.63. The van der Waals surface area contributed by atoms with Crippen molar-refractivity contribution in [3.05, 3.63) is 0 Å². The maximum atomic E-state index is 13.5. The van der Waals surface area contributed by atoms with Gasteiger partial charge in [-0.3, -0.25) is 4.79 Å². The fourth-order valence-corrected chi connectivity index (χ4v) is 2.52. The molecular formula is C10H16FNO2. The summed E-state index contributed by atoms with van der Waals surface area (Å²) in [4.78, 5) is 11.5. The summed E-state index contributed by atoms with van der Waals surface area (Å²) in [5.74, 6) is -0.455. The lowest BCUT2D eigenvalue weighted by atomic mass is 9.75. The average molecular weight is 201 g/mol. The molecule has 0 spiro atoms. The first-order chi connectivity index (χ1) is 6.72. The van der Waals surface area contributed by atoms with Crippen molar-refractivity contribution in [1.82, 2.24) is 5.32 Å². The number of hydrogen-bond donors (Lipinski definition) is 1. The minimum absolute atomic E-state index is 0.168. The van der Waals surface area contributed by atoms with E-state index in [0.717, 1.165) is 12.8 Å². The molecule has 4 heteroatoms. The van der Waals surface area contributed by atoms with Gasteiger partial charge in [0.2, 0.25) is 0 Å². The molecule has 3 nitrogen and oxygen atoms in total. The van der Waals surface area contributed by atoms with Gasteiger partial charge < -0.3 is 10.1 Å². The van der Waals surface area contributed by atoms with Crippen LogP contribution in [-0.2, 0) is 9.53 Å². The normalized spacial score (nSPS) is 41.0. The van der Waals surface area contributed by atoms with Crippen LogP contribution in [0.2, 0.25) is 0 Å². The molecule has 14 heavy (non-hydrogen) atoms. The van der Waals surface area contributed by atoms with Crippen molar-refractivity contribution >= 4 is 5.97 Å². The fourth-order valence-electron chi connectivity index (χ4n) is 2.52. The highest BCUT2D eigenvalue weighted by atomic mass is 19.1. The van der Waals surface area contributed by atoms with Crippen molar-refractivity contribution in [2.24, 2.45) is 5.92 Å². The number of esters is 1. The van der Waals surface area contributed by atoms with Crippen molar-refractivity contribution in [1.29, 1.82) is 0 Å². The van der Waals surface area contributed by atoms with E-state index in [0.29, 0.717) is 13.0 Å². The summed E-state index contributed by atoms with van der Waals surface area (Å²) in [5, 5.41) is 3.15. The van der Waals surface area contributed by atoms with Gasteiger partial charge in [0.05, 0.1) is 6.61 Å². The van der Waals surface area contributed by atoms with Gasteiger partial charge in [0.25, 0.3) is 0 Å². The van der Waals surface area contributed by atoms with E-state index in [-0.39, 0.29) is 17.9 Å². The molecule has 4 unspecified atom stereocenters. The Balaban J connectivity index is 2.03. The molecule has 80 valence electrons. The fraction of sp³-hybridized carbons (Fsp3) is 0.900. The first-order valence-corrected chi connectivity index (χ1v) is 5.29. The monoisotopic (exact) mass is 201 g/mol. The lowest BCUT2D eigenvalue weighted by Gasteiger charge is -2.44. The molecule has 1 aliphatic carbocycles. The van der Waals surface area contributed by atoms with Crippen LogP contribution in [0.25, 0.3) is 0 Å². The summed E-state index contributed by atoms with van der Waals surface area (Å²) in [6, 6.07) is -0.234. The van der Waals surface area contributed by atoms with E-state index in [4.69, 9.17) is 4.74 Å². The second-order valence-electron chi connectivity index (χ2n) is 4.09. The molecule has 1 N–H and O–H groups in total. The van der Waals surface area contributed by atoms with Crippen molar-refractivity contribution in [3.8, 4) is 0 Å². The molecule has 3 fully saturated rings. The highest BCUT2D eigenvalue weighted by Gasteiger charge is 2.45. The minimum atomic E-state index is -0.829. The number of rotatable bonds is 2. The summed E-state index contributed by atoms with van der Waals surface area (Å²) in [6.45, 7) is 2.14. The number of piperidine rings is 2. The van der Waals surface area contributed by atoms with E-state index in [2.05, 4.69) is 5.32 Å². The predicted octanol–water partition coefficient (Wildman–Crippen LogP) is 1.03. The van der Waals surface area contributed by atoms with Crippen LogP contribution in [-0.4, -0.2) is 30.8 Å². The molecule has 0 aromatic heterocycles. The largest absolute Gasteiger partial charge is 0.465 e. The molecule has 2 aliphatic heterocycles. The molecule has 0 amide bonds. The number of fused-ring (bicyclic) bond motifs is 3. The van der Waals surface area contributed by atoms with Gasteiger partial charge in [-0.05, 0) is 26.2 Å². The number of halogens is 1. The molecule has 0 aromatic rings. The Morgan fingerprint density at radius 1 is 1.57 bits per heavy atom. The van der Waals surface area contributed by atoms with Crippen LogP contribution in [0.4, 0.5) is 4.39 Å². The molecule has 2 heterocycles. The van der Waals surface area contributed by atoms with Crippen LogP contribution in [0.15, 0.2) is 0 Å². The van der Waals surface area contributed by atoms with Gasteiger partial charge in [-0.25, -0.2) is 4.39 Å². The molecular weight excluding hydrogens is 185 g/mol. The van der Waals surface area contributed by atoms with Gasteiger partial charge in [0.15, 0.2) is 0 Å². The summed E-state index contributed by atoms with van der Waals surface area (Å²) in [7, 11) is 0. The van der Waals surface area contributed by atoms with Gasteiger partial charge in [0.1, 0.15) is 12.2 Å². The van der Waals surface area contributed by atoms with Crippen LogP contribution in [0.5, 0.6) is 0 Å².